The van der Waals surface area contributed by atoms with Crippen molar-refractivity contribution in [2.45, 2.75) is 18.2 Å². The zero-order valence-electron chi connectivity index (χ0n) is 13.8. The van der Waals surface area contributed by atoms with Crippen LogP contribution in [0.1, 0.15) is 6.92 Å². The number of hydrogen-bond acceptors (Lipinski definition) is 6. The van der Waals surface area contributed by atoms with E-state index in [2.05, 4.69) is 14.4 Å². The first kappa shape index (κ1) is 19.2. The normalized spacial score (nSPS) is 12.1. The second-order valence-electron chi connectivity index (χ2n) is 5.21. The molecule has 27 heavy (non-hydrogen) atoms. The van der Waals surface area contributed by atoms with Gasteiger partial charge in [-0.25, -0.2) is 13.4 Å². The van der Waals surface area contributed by atoms with Crippen LogP contribution in [0.15, 0.2) is 47.4 Å². The maximum absolute atomic E-state index is 12.4. The highest BCUT2D eigenvalue weighted by Crippen LogP contribution is 2.31. The fourth-order valence-corrected chi connectivity index (χ4v) is 4.33. The number of alkyl halides is 3. The zero-order chi connectivity index (χ0) is 19.7. The molecule has 0 aliphatic carbocycles. The first-order valence-corrected chi connectivity index (χ1v) is 9.88. The van der Waals surface area contributed by atoms with Crippen LogP contribution >= 0.6 is 11.3 Å². The second kappa shape index (κ2) is 7.24. The monoisotopic (exact) mass is 418 g/mol. The summed E-state index contributed by atoms with van der Waals surface area (Å²) in [5.74, 6) is 0.133. The maximum atomic E-state index is 12.4. The average molecular weight is 418 g/mol. The van der Waals surface area contributed by atoms with Crippen molar-refractivity contribution in [3.8, 4) is 11.5 Å². The number of nitrogens with zero attached hydrogens (tertiary/aromatic N) is 1. The van der Waals surface area contributed by atoms with Crippen molar-refractivity contribution in [2.75, 3.05) is 11.3 Å². The summed E-state index contributed by atoms with van der Waals surface area (Å²) in [7, 11) is -4.01. The average Bonchev–Trinajstić information content (AvgIpc) is 2.95. The van der Waals surface area contributed by atoms with Crippen molar-refractivity contribution < 1.29 is 31.1 Å². The van der Waals surface area contributed by atoms with E-state index in [1.165, 1.54) is 0 Å². The summed E-state index contributed by atoms with van der Waals surface area (Å²) >= 11 is 1.12. The first-order valence-electron chi connectivity index (χ1n) is 7.58. The number of rotatable bonds is 6. The van der Waals surface area contributed by atoms with Gasteiger partial charge in [0.15, 0.2) is 5.13 Å². The Morgan fingerprint density at radius 2 is 1.78 bits per heavy atom. The molecule has 11 heteroatoms. The standard InChI is InChI=1S/C16H13F3N2O4S2/c1-2-24-11-5-8-13-14(9-11)26-15(20-13)21-27(22,23)12-6-3-10(4-7-12)25-16(17,18)19/h3-9H,2H2,1H3,(H,20,21). The van der Waals surface area contributed by atoms with E-state index < -0.39 is 22.1 Å². The number of thiazole rings is 1. The molecule has 6 nitrogen and oxygen atoms in total. The van der Waals surface area contributed by atoms with E-state index in [4.69, 9.17) is 4.74 Å². The van der Waals surface area contributed by atoms with E-state index in [1.54, 1.807) is 18.2 Å². The Balaban J connectivity index is 1.80. The second-order valence-corrected chi connectivity index (χ2v) is 7.92. The molecule has 0 aliphatic heterocycles. The predicted octanol–water partition coefficient (Wildman–Crippen LogP) is 4.39. The van der Waals surface area contributed by atoms with E-state index in [0.29, 0.717) is 17.9 Å². The molecule has 0 amide bonds. The highest BCUT2D eigenvalue weighted by molar-refractivity contribution is 7.93. The molecule has 0 bridgehead atoms. The van der Waals surface area contributed by atoms with Gasteiger partial charge in [-0.15, -0.1) is 13.2 Å². The van der Waals surface area contributed by atoms with Crippen molar-refractivity contribution in [3.05, 3.63) is 42.5 Å². The Labute approximate surface area is 156 Å². The van der Waals surface area contributed by atoms with Crippen LogP contribution in [0.25, 0.3) is 10.2 Å². The fraction of sp³-hybridized carbons (Fsp3) is 0.188. The molecule has 0 unspecified atom stereocenters. The Kier molecular flexibility index (Phi) is 5.16. The molecule has 0 fully saturated rings. The lowest BCUT2D eigenvalue weighted by atomic mass is 10.3. The van der Waals surface area contributed by atoms with E-state index in [-0.39, 0.29) is 10.0 Å². The number of sulfonamides is 1. The Morgan fingerprint density at radius 3 is 2.41 bits per heavy atom. The van der Waals surface area contributed by atoms with E-state index in [9.17, 15) is 21.6 Å². The number of nitrogens with one attached hydrogen (secondary N) is 1. The third kappa shape index (κ3) is 4.80. The number of anilines is 1. The SMILES string of the molecule is CCOc1ccc2nc(NS(=O)(=O)c3ccc(OC(F)(F)F)cc3)sc2c1. The van der Waals surface area contributed by atoms with Crippen LogP contribution in [0.3, 0.4) is 0 Å². The lowest BCUT2D eigenvalue weighted by molar-refractivity contribution is -0.274. The summed E-state index contributed by atoms with van der Waals surface area (Å²) in [6.45, 7) is 2.35. The summed E-state index contributed by atoms with van der Waals surface area (Å²) in [5.41, 5.74) is 0.593. The van der Waals surface area contributed by atoms with Crippen LogP contribution < -0.4 is 14.2 Å². The van der Waals surface area contributed by atoms with Gasteiger partial charge in [0.05, 0.1) is 21.7 Å². The molecule has 1 heterocycles. The maximum Gasteiger partial charge on any atom is 0.573 e. The van der Waals surface area contributed by atoms with Crippen LogP contribution in [-0.4, -0.2) is 26.4 Å². The van der Waals surface area contributed by atoms with Crippen molar-refractivity contribution in [1.29, 1.82) is 0 Å². The van der Waals surface area contributed by atoms with Crippen LogP contribution in [0.2, 0.25) is 0 Å². The van der Waals surface area contributed by atoms with Crippen molar-refractivity contribution >= 4 is 36.7 Å². The van der Waals surface area contributed by atoms with E-state index in [1.807, 2.05) is 6.92 Å². The number of hydrogen-bond donors (Lipinski definition) is 1. The highest BCUT2D eigenvalue weighted by atomic mass is 32.2. The van der Waals surface area contributed by atoms with Gasteiger partial charge < -0.3 is 9.47 Å². The minimum absolute atomic E-state index is 0.134. The van der Waals surface area contributed by atoms with E-state index in [0.717, 1.165) is 40.3 Å². The zero-order valence-corrected chi connectivity index (χ0v) is 15.4. The highest BCUT2D eigenvalue weighted by Gasteiger charge is 2.31. The number of ether oxygens (including phenoxy) is 2. The van der Waals surface area contributed by atoms with Gasteiger partial charge in [0, 0.05) is 0 Å². The molecular formula is C16H13F3N2O4S2. The smallest absolute Gasteiger partial charge is 0.494 e. The largest absolute Gasteiger partial charge is 0.573 e. The number of fused-ring (bicyclic) bond motifs is 1. The summed E-state index contributed by atoms with van der Waals surface area (Å²) in [6.07, 6.45) is -4.85. The van der Waals surface area contributed by atoms with Gasteiger partial charge in [-0.2, -0.15) is 0 Å². The molecule has 1 N–H and O–H groups in total. The Hall–Kier alpha value is -2.53. The molecule has 3 aromatic rings. The predicted molar refractivity (Wildman–Crippen MR) is 94.7 cm³/mol. The van der Waals surface area contributed by atoms with Crippen molar-refractivity contribution in [1.82, 2.24) is 4.98 Å². The lowest BCUT2D eigenvalue weighted by Gasteiger charge is -2.09. The third-order valence-corrected chi connectivity index (χ3v) is 5.68. The van der Waals surface area contributed by atoms with Gasteiger partial charge in [-0.05, 0) is 49.4 Å². The van der Waals surface area contributed by atoms with Gasteiger partial charge in [-0.3, -0.25) is 4.72 Å². The minimum atomic E-state index is -4.85. The topological polar surface area (TPSA) is 77.5 Å². The number of aromatic nitrogens is 1. The molecule has 2 aromatic carbocycles. The molecule has 0 aliphatic rings. The van der Waals surface area contributed by atoms with Crippen LogP contribution in [-0.2, 0) is 10.0 Å². The Morgan fingerprint density at radius 1 is 1.11 bits per heavy atom. The van der Waals surface area contributed by atoms with Gasteiger partial charge in [-0.1, -0.05) is 11.3 Å². The molecule has 0 atom stereocenters. The summed E-state index contributed by atoms with van der Waals surface area (Å²) in [4.78, 5) is 3.97. The summed E-state index contributed by atoms with van der Waals surface area (Å²) < 4.78 is 73.5. The molecule has 1 aromatic heterocycles. The fourth-order valence-electron chi connectivity index (χ4n) is 2.20. The lowest BCUT2D eigenvalue weighted by Crippen LogP contribution is -2.17. The van der Waals surface area contributed by atoms with Gasteiger partial charge in [0.2, 0.25) is 0 Å². The van der Waals surface area contributed by atoms with Gasteiger partial charge >= 0.3 is 6.36 Å². The number of halogens is 3. The molecular weight excluding hydrogens is 405 g/mol. The van der Waals surface area contributed by atoms with Crippen LogP contribution in [0.5, 0.6) is 11.5 Å². The van der Waals surface area contributed by atoms with Gasteiger partial charge in [0.1, 0.15) is 11.5 Å². The Bertz CT molecular complexity index is 1050. The third-order valence-electron chi connectivity index (χ3n) is 3.26. The summed E-state index contributed by atoms with van der Waals surface area (Å²) in [5, 5.41) is 0.134. The molecule has 0 saturated carbocycles. The van der Waals surface area contributed by atoms with Gasteiger partial charge in [0.25, 0.3) is 10.0 Å². The van der Waals surface area contributed by atoms with Crippen LogP contribution in [0, 0.1) is 0 Å². The minimum Gasteiger partial charge on any atom is -0.494 e. The quantitative estimate of drug-likeness (QED) is 0.642. The molecule has 144 valence electrons. The molecule has 0 radical (unpaired) electrons. The van der Waals surface area contributed by atoms with Crippen molar-refractivity contribution in [3.63, 3.8) is 0 Å². The molecule has 0 saturated heterocycles. The van der Waals surface area contributed by atoms with E-state index >= 15 is 0 Å². The molecule has 0 spiro atoms. The van der Waals surface area contributed by atoms with Crippen LogP contribution in [0.4, 0.5) is 18.3 Å². The van der Waals surface area contributed by atoms with Crippen molar-refractivity contribution in [2.24, 2.45) is 0 Å². The molecule has 3 rings (SSSR count). The first-order chi connectivity index (χ1) is 12.7. The number of benzene rings is 2. The summed E-state index contributed by atoms with van der Waals surface area (Å²) in [6, 6.07) is 9.07.